The minimum Gasteiger partial charge on any atom is -0.370 e. The molecule has 0 rings (SSSR count). The Hall–Kier alpha value is -1.44. The van der Waals surface area contributed by atoms with E-state index in [1.165, 1.54) is 0 Å². The summed E-state index contributed by atoms with van der Waals surface area (Å²) in [6.07, 6.45) is 0. The van der Waals surface area contributed by atoms with E-state index < -0.39 is 22.4 Å². The normalized spacial score (nSPS) is 8.00. The molecule has 0 aliphatic heterocycles. The van der Waals surface area contributed by atoms with Gasteiger partial charge in [0.2, 0.25) is 0 Å². The quantitative estimate of drug-likeness (QED) is 0.288. The van der Waals surface area contributed by atoms with Crippen LogP contribution in [0, 0.1) is 5.41 Å². The standard InChI is InChI=1S/C2H5N5O2S/c3-1(4)6-2(5)7-10(8)9/h(H5,3,4,5,6). The molecule has 0 bridgehead atoms. The number of rotatable bonds is 0. The van der Waals surface area contributed by atoms with Crippen LogP contribution in [0.5, 0.6) is 0 Å². The third-order valence-corrected chi connectivity index (χ3v) is 0.718. The number of nitrogens with zero attached hydrogens (tertiary/aromatic N) is 2. The summed E-state index contributed by atoms with van der Waals surface area (Å²) in [5.74, 6) is -1.15. The lowest BCUT2D eigenvalue weighted by Crippen LogP contribution is -2.23. The summed E-state index contributed by atoms with van der Waals surface area (Å²) in [5.41, 5.74) is 9.59. The SMILES string of the molecule is N=C(N=C(N)N)N=S(=O)=O. The molecular weight excluding hydrogens is 158 g/mol. The number of guanidine groups is 2. The maximum Gasteiger partial charge on any atom is 0.319 e. The molecule has 10 heavy (non-hydrogen) atoms. The first-order valence-corrected chi connectivity index (χ1v) is 3.05. The predicted molar refractivity (Wildman–Crippen MR) is 34.9 cm³/mol. The van der Waals surface area contributed by atoms with Crippen molar-refractivity contribution in [3.63, 3.8) is 0 Å². The molecule has 0 aromatic carbocycles. The van der Waals surface area contributed by atoms with E-state index in [4.69, 9.17) is 16.9 Å². The third-order valence-electron chi connectivity index (χ3n) is 0.396. The molecule has 56 valence electrons. The Balaban J connectivity index is 4.44. The van der Waals surface area contributed by atoms with Gasteiger partial charge in [0.1, 0.15) is 0 Å². The van der Waals surface area contributed by atoms with E-state index in [-0.39, 0.29) is 0 Å². The Morgan fingerprint density at radius 1 is 1.40 bits per heavy atom. The van der Waals surface area contributed by atoms with Crippen molar-refractivity contribution in [2.45, 2.75) is 0 Å². The Kier molecular flexibility index (Phi) is 3.05. The van der Waals surface area contributed by atoms with Gasteiger partial charge in [0.05, 0.1) is 0 Å². The lowest BCUT2D eigenvalue weighted by Gasteiger charge is -1.84. The van der Waals surface area contributed by atoms with Crippen molar-refractivity contribution in [1.29, 1.82) is 5.41 Å². The first-order valence-electron chi connectivity index (χ1n) is 2.01. The van der Waals surface area contributed by atoms with E-state index in [1.54, 1.807) is 0 Å². The summed E-state index contributed by atoms with van der Waals surface area (Å²) in [4.78, 5) is 3.01. The highest BCUT2D eigenvalue weighted by Crippen LogP contribution is 1.74. The number of aliphatic imine (C=N–C) groups is 1. The summed E-state index contributed by atoms with van der Waals surface area (Å²) in [6, 6.07) is 0. The van der Waals surface area contributed by atoms with Crippen LogP contribution in [0.1, 0.15) is 0 Å². The molecule has 8 heteroatoms. The smallest absolute Gasteiger partial charge is 0.319 e. The zero-order chi connectivity index (χ0) is 8.15. The molecule has 0 aromatic rings. The fourth-order valence-corrected chi connectivity index (χ4v) is 0.395. The summed E-state index contributed by atoms with van der Waals surface area (Å²) >= 11 is 0. The van der Waals surface area contributed by atoms with Crippen molar-refractivity contribution >= 4 is 22.4 Å². The van der Waals surface area contributed by atoms with Crippen LogP contribution in [0.2, 0.25) is 0 Å². The van der Waals surface area contributed by atoms with Crippen molar-refractivity contribution < 1.29 is 8.42 Å². The summed E-state index contributed by atoms with van der Waals surface area (Å²) < 4.78 is 22.1. The maximum absolute atomic E-state index is 9.73. The topological polar surface area (TPSA) is 135 Å². The van der Waals surface area contributed by atoms with Crippen LogP contribution >= 0.6 is 0 Å². The van der Waals surface area contributed by atoms with Crippen molar-refractivity contribution in [2.75, 3.05) is 0 Å². The first-order chi connectivity index (χ1) is 4.52. The summed E-state index contributed by atoms with van der Waals surface area (Å²) in [6.45, 7) is 0. The second-order valence-corrected chi connectivity index (χ2v) is 1.79. The van der Waals surface area contributed by atoms with E-state index in [9.17, 15) is 8.42 Å². The molecule has 0 radical (unpaired) electrons. The van der Waals surface area contributed by atoms with Crippen LogP contribution in [0.3, 0.4) is 0 Å². The van der Waals surface area contributed by atoms with Crippen LogP contribution in [0.25, 0.3) is 0 Å². The average Bonchev–Trinajstić information content (AvgIpc) is 1.58. The van der Waals surface area contributed by atoms with Gasteiger partial charge in [-0.05, 0) is 0 Å². The van der Waals surface area contributed by atoms with Gasteiger partial charge in [0.15, 0.2) is 5.96 Å². The van der Waals surface area contributed by atoms with E-state index in [0.717, 1.165) is 0 Å². The van der Waals surface area contributed by atoms with Crippen LogP contribution in [0.4, 0.5) is 0 Å². The van der Waals surface area contributed by atoms with Gasteiger partial charge < -0.3 is 11.5 Å². The molecular formula is C2H5N5O2S. The molecule has 0 spiro atoms. The predicted octanol–water partition coefficient (Wildman–Crippen LogP) is -1.74. The molecule has 5 N–H and O–H groups in total. The molecule has 0 aliphatic rings. The van der Waals surface area contributed by atoms with Crippen LogP contribution in [0.15, 0.2) is 9.36 Å². The highest BCUT2D eigenvalue weighted by atomic mass is 32.2. The van der Waals surface area contributed by atoms with Crippen LogP contribution < -0.4 is 11.5 Å². The molecule has 0 aromatic heterocycles. The van der Waals surface area contributed by atoms with E-state index in [1.807, 2.05) is 0 Å². The second-order valence-electron chi connectivity index (χ2n) is 1.17. The lowest BCUT2D eigenvalue weighted by atomic mass is 11.0. The molecule has 0 aliphatic carbocycles. The molecule has 7 nitrogen and oxygen atoms in total. The zero-order valence-electron chi connectivity index (χ0n) is 4.77. The Morgan fingerprint density at radius 2 is 1.90 bits per heavy atom. The molecule has 0 heterocycles. The van der Waals surface area contributed by atoms with Crippen molar-refractivity contribution in [3.05, 3.63) is 0 Å². The van der Waals surface area contributed by atoms with Gasteiger partial charge in [-0.25, -0.2) is 0 Å². The van der Waals surface area contributed by atoms with Crippen LogP contribution in [-0.4, -0.2) is 20.3 Å². The lowest BCUT2D eigenvalue weighted by molar-refractivity contribution is 0.623. The highest BCUT2D eigenvalue weighted by molar-refractivity contribution is 7.62. The second kappa shape index (κ2) is 3.56. The molecule has 0 saturated heterocycles. The molecule has 0 amide bonds. The summed E-state index contributed by atoms with van der Waals surface area (Å²) in [7, 11) is -2.68. The minimum atomic E-state index is -2.68. The fourth-order valence-electron chi connectivity index (χ4n) is 0.213. The van der Waals surface area contributed by atoms with E-state index >= 15 is 0 Å². The zero-order valence-corrected chi connectivity index (χ0v) is 5.59. The van der Waals surface area contributed by atoms with Crippen molar-refractivity contribution in [3.8, 4) is 0 Å². The average molecular weight is 163 g/mol. The Bertz CT molecular complexity index is 275. The summed E-state index contributed by atoms with van der Waals surface area (Å²) in [5, 5.41) is 6.64. The minimum absolute atomic E-state index is 0.404. The highest BCUT2D eigenvalue weighted by Gasteiger charge is 1.88. The third kappa shape index (κ3) is 4.71. The number of nitrogens with two attached hydrogens (primary N) is 2. The fraction of sp³-hybridized carbons (Fsp3) is 0. The van der Waals surface area contributed by atoms with Crippen LogP contribution in [-0.2, 0) is 10.5 Å². The van der Waals surface area contributed by atoms with Gasteiger partial charge in [0, 0.05) is 0 Å². The van der Waals surface area contributed by atoms with E-state index in [0.29, 0.717) is 0 Å². The Labute approximate surface area is 58.0 Å². The monoisotopic (exact) mass is 163 g/mol. The molecule has 0 atom stereocenters. The van der Waals surface area contributed by atoms with Gasteiger partial charge in [0.25, 0.3) is 5.96 Å². The van der Waals surface area contributed by atoms with Gasteiger partial charge in [-0.15, -0.1) is 0 Å². The van der Waals surface area contributed by atoms with Gasteiger partial charge >= 0.3 is 10.5 Å². The number of nitrogens with one attached hydrogen (secondary N) is 1. The van der Waals surface area contributed by atoms with Gasteiger partial charge in [-0.3, -0.25) is 5.41 Å². The van der Waals surface area contributed by atoms with Gasteiger partial charge in [-0.2, -0.15) is 13.4 Å². The Morgan fingerprint density at radius 3 is 2.20 bits per heavy atom. The van der Waals surface area contributed by atoms with Gasteiger partial charge in [-0.1, -0.05) is 4.36 Å². The first kappa shape index (κ1) is 8.56. The molecule has 0 unspecified atom stereocenters. The number of hydrogen-bond acceptors (Lipinski definition) is 3. The van der Waals surface area contributed by atoms with Crippen molar-refractivity contribution in [1.82, 2.24) is 0 Å². The maximum atomic E-state index is 9.73. The van der Waals surface area contributed by atoms with E-state index in [2.05, 4.69) is 9.36 Å². The van der Waals surface area contributed by atoms with Crippen molar-refractivity contribution in [2.24, 2.45) is 20.8 Å². The largest absolute Gasteiger partial charge is 0.370 e. The molecule has 0 saturated carbocycles. The molecule has 0 fully saturated rings. The number of hydrogen-bond donors (Lipinski definition) is 3.